The van der Waals surface area contributed by atoms with Crippen molar-refractivity contribution in [2.75, 3.05) is 45.3 Å². The van der Waals surface area contributed by atoms with Crippen LogP contribution in [0.5, 0.6) is 0 Å². The van der Waals surface area contributed by atoms with Gasteiger partial charge in [0.1, 0.15) is 0 Å². The van der Waals surface area contributed by atoms with E-state index in [1.807, 2.05) is 24.3 Å². The van der Waals surface area contributed by atoms with E-state index in [0.29, 0.717) is 12.5 Å². The summed E-state index contributed by atoms with van der Waals surface area (Å²) in [6.07, 6.45) is 3.15. The van der Waals surface area contributed by atoms with E-state index in [2.05, 4.69) is 20.9 Å². The molecule has 1 fully saturated rings. The predicted octanol–water partition coefficient (Wildman–Crippen LogP) is 2.14. The largest absolute Gasteiger partial charge is 0.381 e. The van der Waals surface area contributed by atoms with Gasteiger partial charge in [0.25, 0.3) is 0 Å². The van der Waals surface area contributed by atoms with Crippen LogP contribution < -0.4 is 16.0 Å². The summed E-state index contributed by atoms with van der Waals surface area (Å²) in [6.45, 7) is 6.26. The van der Waals surface area contributed by atoms with E-state index in [1.54, 1.807) is 7.05 Å². The lowest BCUT2D eigenvalue weighted by Gasteiger charge is -2.21. The number of carbonyl (C=O) groups is 1. The average molecular weight is 377 g/mol. The second-order valence-electron chi connectivity index (χ2n) is 6.72. The lowest BCUT2D eigenvalue weighted by molar-refractivity contribution is -0.114. The molecule has 1 aromatic rings. The van der Waals surface area contributed by atoms with Crippen LogP contribution >= 0.6 is 0 Å². The van der Waals surface area contributed by atoms with E-state index in [-0.39, 0.29) is 5.91 Å². The van der Waals surface area contributed by atoms with Gasteiger partial charge in [-0.3, -0.25) is 9.79 Å². The van der Waals surface area contributed by atoms with Crippen molar-refractivity contribution >= 4 is 17.6 Å². The average Bonchev–Trinajstić information content (AvgIpc) is 2.67. The molecule has 0 atom stereocenters. The van der Waals surface area contributed by atoms with Gasteiger partial charge < -0.3 is 25.4 Å². The highest BCUT2D eigenvalue weighted by atomic mass is 16.5. The number of carbonyl (C=O) groups excluding carboxylic acids is 1. The molecule has 0 spiro atoms. The lowest BCUT2D eigenvalue weighted by Crippen LogP contribution is -2.37. The van der Waals surface area contributed by atoms with Crippen molar-refractivity contribution in [1.29, 1.82) is 0 Å². The fourth-order valence-electron chi connectivity index (χ4n) is 2.91. The Hall–Kier alpha value is -2.12. The van der Waals surface area contributed by atoms with Gasteiger partial charge in [-0.2, -0.15) is 0 Å². The van der Waals surface area contributed by atoms with E-state index in [4.69, 9.17) is 9.47 Å². The zero-order valence-electron chi connectivity index (χ0n) is 16.4. The number of ether oxygens (including phenoxy) is 2. The van der Waals surface area contributed by atoms with Gasteiger partial charge in [-0.1, -0.05) is 12.1 Å². The minimum absolute atomic E-state index is 0.0726. The Morgan fingerprint density at radius 1 is 1.30 bits per heavy atom. The molecule has 150 valence electrons. The molecule has 0 aliphatic carbocycles. The van der Waals surface area contributed by atoms with Crippen LogP contribution in [-0.2, 0) is 20.8 Å². The van der Waals surface area contributed by atoms with Gasteiger partial charge in [0, 0.05) is 59.2 Å². The molecule has 0 radical (unpaired) electrons. The third-order valence-corrected chi connectivity index (χ3v) is 4.38. The molecule has 0 saturated carbocycles. The molecule has 1 aromatic carbocycles. The molecule has 1 aliphatic rings. The minimum Gasteiger partial charge on any atom is -0.381 e. The van der Waals surface area contributed by atoms with Crippen LogP contribution in [0, 0.1) is 5.92 Å². The van der Waals surface area contributed by atoms with E-state index in [9.17, 15) is 4.79 Å². The summed E-state index contributed by atoms with van der Waals surface area (Å²) in [5.41, 5.74) is 1.87. The second kappa shape index (κ2) is 12.3. The first-order valence-electron chi connectivity index (χ1n) is 9.64. The number of aliphatic imine (C=N–C) groups is 1. The highest BCUT2D eigenvalue weighted by Gasteiger charge is 2.13. The van der Waals surface area contributed by atoms with Gasteiger partial charge in [0.2, 0.25) is 5.91 Å². The van der Waals surface area contributed by atoms with Crippen LogP contribution in [0.15, 0.2) is 29.3 Å². The molecule has 0 bridgehead atoms. The highest BCUT2D eigenvalue weighted by molar-refractivity contribution is 5.88. The smallest absolute Gasteiger partial charge is 0.221 e. The number of benzene rings is 1. The molecule has 0 unspecified atom stereocenters. The van der Waals surface area contributed by atoms with E-state index < -0.39 is 0 Å². The van der Waals surface area contributed by atoms with Crippen molar-refractivity contribution in [3.8, 4) is 0 Å². The lowest BCUT2D eigenvalue weighted by atomic mass is 10.0. The molecule has 7 heteroatoms. The number of nitrogens with one attached hydrogen (secondary N) is 3. The van der Waals surface area contributed by atoms with Crippen molar-refractivity contribution in [3.05, 3.63) is 29.8 Å². The molecule has 2 rings (SSSR count). The standard InChI is InChI=1S/C20H32N4O3/c1-16(25)24-19-6-3-5-18(13-19)14-23-20(21-2)22-9-4-10-27-15-17-7-11-26-12-8-17/h3,5-6,13,17H,4,7-12,14-15H2,1-2H3,(H,24,25)(H2,21,22,23). The molecule has 0 aromatic heterocycles. The number of amides is 1. The fourth-order valence-corrected chi connectivity index (χ4v) is 2.91. The normalized spacial score (nSPS) is 15.4. The number of hydrogen-bond donors (Lipinski definition) is 3. The molecule has 1 heterocycles. The topological polar surface area (TPSA) is 84.0 Å². The van der Waals surface area contributed by atoms with Crippen LogP contribution in [0.3, 0.4) is 0 Å². The maximum atomic E-state index is 11.1. The van der Waals surface area contributed by atoms with Gasteiger partial charge in [-0.25, -0.2) is 0 Å². The van der Waals surface area contributed by atoms with Gasteiger partial charge >= 0.3 is 0 Å². The Kier molecular flexibility index (Phi) is 9.65. The van der Waals surface area contributed by atoms with Crippen LogP contribution in [0.4, 0.5) is 5.69 Å². The first-order chi connectivity index (χ1) is 13.2. The molecular weight excluding hydrogens is 344 g/mol. The second-order valence-corrected chi connectivity index (χ2v) is 6.72. The first-order valence-corrected chi connectivity index (χ1v) is 9.64. The number of hydrogen-bond acceptors (Lipinski definition) is 4. The number of guanidine groups is 1. The monoisotopic (exact) mass is 376 g/mol. The molecule has 1 aliphatic heterocycles. The molecule has 7 nitrogen and oxygen atoms in total. The first kappa shape index (κ1) is 21.2. The molecule has 27 heavy (non-hydrogen) atoms. The maximum Gasteiger partial charge on any atom is 0.221 e. The number of nitrogens with zero attached hydrogens (tertiary/aromatic N) is 1. The molecule has 3 N–H and O–H groups in total. The number of anilines is 1. The summed E-state index contributed by atoms with van der Waals surface area (Å²) in [6, 6.07) is 7.76. The molecular formula is C20H32N4O3. The summed E-state index contributed by atoms with van der Waals surface area (Å²) in [4.78, 5) is 15.4. The van der Waals surface area contributed by atoms with E-state index in [1.165, 1.54) is 6.92 Å². The Morgan fingerprint density at radius 2 is 2.11 bits per heavy atom. The van der Waals surface area contributed by atoms with Crippen molar-refractivity contribution in [1.82, 2.24) is 10.6 Å². The summed E-state index contributed by atoms with van der Waals surface area (Å²) < 4.78 is 11.1. The van der Waals surface area contributed by atoms with E-state index in [0.717, 1.165) is 69.4 Å². The highest BCUT2D eigenvalue weighted by Crippen LogP contribution is 2.14. The summed E-state index contributed by atoms with van der Waals surface area (Å²) >= 11 is 0. The Bertz CT molecular complexity index is 601. The van der Waals surface area contributed by atoms with Crippen LogP contribution in [0.1, 0.15) is 31.7 Å². The third kappa shape index (κ3) is 8.88. The van der Waals surface area contributed by atoms with Crippen molar-refractivity contribution in [3.63, 3.8) is 0 Å². The van der Waals surface area contributed by atoms with Crippen LogP contribution in [-0.4, -0.2) is 51.9 Å². The molecule has 1 amide bonds. The summed E-state index contributed by atoms with van der Waals surface area (Å²) in [5.74, 6) is 1.33. The van der Waals surface area contributed by atoms with E-state index >= 15 is 0 Å². The van der Waals surface area contributed by atoms with Gasteiger partial charge in [-0.15, -0.1) is 0 Å². The SMILES string of the molecule is CN=C(NCCCOCC1CCOCC1)NCc1cccc(NC(C)=O)c1. The Balaban J connectivity index is 1.59. The fraction of sp³-hybridized carbons (Fsp3) is 0.600. The third-order valence-electron chi connectivity index (χ3n) is 4.38. The zero-order chi connectivity index (χ0) is 19.3. The van der Waals surface area contributed by atoms with Crippen LogP contribution in [0.2, 0.25) is 0 Å². The zero-order valence-corrected chi connectivity index (χ0v) is 16.4. The molecule has 1 saturated heterocycles. The van der Waals surface area contributed by atoms with Gasteiger partial charge in [0.05, 0.1) is 0 Å². The Labute approximate surface area is 161 Å². The van der Waals surface area contributed by atoms with Crippen LogP contribution in [0.25, 0.3) is 0 Å². The number of rotatable bonds is 9. The van der Waals surface area contributed by atoms with Gasteiger partial charge in [-0.05, 0) is 42.9 Å². The summed E-state index contributed by atoms with van der Waals surface area (Å²) in [7, 11) is 1.75. The van der Waals surface area contributed by atoms with Gasteiger partial charge in [0.15, 0.2) is 5.96 Å². The maximum absolute atomic E-state index is 11.1. The Morgan fingerprint density at radius 3 is 2.85 bits per heavy atom. The summed E-state index contributed by atoms with van der Waals surface area (Å²) in [5, 5.41) is 9.37. The van der Waals surface area contributed by atoms with Crippen molar-refractivity contribution in [2.24, 2.45) is 10.9 Å². The predicted molar refractivity (Wildman–Crippen MR) is 108 cm³/mol. The minimum atomic E-state index is -0.0726. The van der Waals surface area contributed by atoms with Crippen molar-refractivity contribution < 1.29 is 14.3 Å². The quantitative estimate of drug-likeness (QED) is 0.349. The van der Waals surface area contributed by atoms with Crippen molar-refractivity contribution in [2.45, 2.75) is 32.7 Å².